The number of aryl methyl sites for hydroxylation is 1. The summed E-state index contributed by atoms with van der Waals surface area (Å²) < 4.78 is 40.7. The minimum Gasteiger partial charge on any atom is -0.406 e. The van der Waals surface area contributed by atoms with Gasteiger partial charge in [-0.05, 0) is 61.7 Å². The van der Waals surface area contributed by atoms with E-state index in [0.29, 0.717) is 24.5 Å². The average Bonchev–Trinajstić information content (AvgIpc) is 2.80. The van der Waals surface area contributed by atoms with Crippen LogP contribution in [0.15, 0.2) is 60.7 Å². The van der Waals surface area contributed by atoms with Crippen molar-refractivity contribution in [2.45, 2.75) is 26.1 Å². The van der Waals surface area contributed by atoms with Gasteiger partial charge in [-0.25, -0.2) is 0 Å². The second-order valence-electron chi connectivity index (χ2n) is 7.94. The Morgan fingerprint density at radius 1 is 1.06 bits per heavy atom. The molecule has 0 bridgehead atoms. The van der Waals surface area contributed by atoms with E-state index in [1.54, 1.807) is 0 Å². The van der Waals surface area contributed by atoms with Gasteiger partial charge in [0.15, 0.2) is 5.82 Å². The molecule has 0 aliphatic carbocycles. The lowest BCUT2D eigenvalue weighted by Gasteiger charge is -2.32. The topological polar surface area (TPSA) is 67.4 Å². The van der Waals surface area contributed by atoms with Crippen LogP contribution in [-0.2, 0) is 4.79 Å². The van der Waals surface area contributed by atoms with Crippen molar-refractivity contribution in [3.05, 3.63) is 66.2 Å². The number of rotatable bonds is 5. The van der Waals surface area contributed by atoms with Crippen molar-refractivity contribution in [3.63, 3.8) is 0 Å². The first kappa shape index (κ1) is 22.6. The van der Waals surface area contributed by atoms with E-state index >= 15 is 0 Å². The summed E-state index contributed by atoms with van der Waals surface area (Å²) in [5.74, 6) is -0.0908. The molecule has 4 rings (SSSR count). The molecule has 1 saturated heterocycles. The second kappa shape index (κ2) is 9.48. The van der Waals surface area contributed by atoms with Gasteiger partial charge < -0.3 is 15.0 Å². The third-order valence-electron chi connectivity index (χ3n) is 5.54. The Morgan fingerprint density at radius 2 is 1.82 bits per heavy atom. The lowest BCUT2D eigenvalue weighted by Crippen LogP contribution is -2.41. The van der Waals surface area contributed by atoms with E-state index in [0.717, 1.165) is 29.8 Å². The van der Waals surface area contributed by atoms with Gasteiger partial charge in [-0.1, -0.05) is 24.3 Å². The number of aromatic nitrogens is 2. The smallest absolute Gasteiger partial charge is 0.406 e. The highest BCUT2D eigenvalue weighted by Gasteiger charge is 2.31. The minimum absolute atomic E-state index is 0.186. The number of benzene rings is 2. The maximum absolute atomic E-state index is 12.7. The molecular weight excluding hydrogens is 433 g/mol. The molecule has 2 aromatic carbocycles. The first-order chi connectivity index (χ1) is 15.8. The summed E-state index contributed by atoms with van der Waals surface area (Å²) >= 11 is 0. The normalized spacial score (nSPS) is 16.4. The van der Waals surface area contributed by atoms with Crippen LogP contribution in [0, 0.1) is 12.8 Å². The summed E-state index contributed by atoms with van der Waals surface area (Å²) in [5.41, 5.74) is 3.35. The van der Waals surface area contributed by atoms with Crippen LogP contribution in [0.4, 0.5) is 24.7 Å². The number of hydrogen-bond acceptors (Lipinski definition) is 5. The highest BCUT2D eigenvalue weighted by Crippen LogP contribution is 2.27. The summed E-state index contributed by atoms with van der Waals surface area (Å²) in [4.78, 5) is 14.8. The quantitative estimate of drug-likeness (QED) is 0.571. The molecular formula is C24H23F3N4O2. The first-order valence-electron chi connectivity index (χ1n) is 10.6. The fraction of sp³-hybridized carbons (Fsp3) is 0.292. The van der Waals surface area contributed by atoms with Gasteiger partial charge in [-0.15, -0.1) is 23.4 Å². The van der Waals surface area contributed by atoms with Crippen molar-refractivity contribution in [3.8, 4) is 17.0 Å². The standard InChI is InChI=1S/C24H23F3N4O2/c1-16-5-2-3-7-20(16)21-12-13-22(30-29-21)31-14-4-6-17(15-31)23(32)28-18-8-10-19(11-9-18)33-24(25,26)27/h2-3,5,7-13,17H,4,6,14-15H2,1H3,(H,28,32). The lowest BCUT2D eigenvalue weighted by molar-refractivity contribution is -0.274. The Balaban J connectivity index is 1.38. The van der Waals surface area contributed by atoms with Crippen molar-refractivity contribution < 1.29 is 22.7 Å². The molecule has 0 saturated carbocycles. The SMILES string of the molecule is Cc1ccccc1-c1ccc(N2CCCC(C(=O)Nc3ccc(OC(F)(F)F)cc3)C2)nn1. The van der Waals surface area contributed by atoms with Crippen molar-refractivity contribution in [1.29, 1.82) is 0 Å². The molecule has 1 aliphatic rings. The van der Waals surface area contributed by atoms with Gasteiger partial charge in [0.05, 0.1) is 11.6 Å². The largest absolute Gasteiger partial charge is 0.573 e. The third kappa shape index (κ3) is 5.79. The van der Waals surface area contributed by atoms with Crippen LogP contribution >= 0.6 is 0 Å². The zero-order chi connectivity index (χ0) is 23.4. The number of hydrogen-bond donors (Lipinski definition) is 1. The molecule has 9 heteroatoms. The van der Waals surface area contributed by atoms with Crippen molar-refractivity contribution >= 4 is 17.4 Å². The third-order valence-corrected chi connectivity index (χ3v) is 5.54. The van der Waals surface area contributed by atoms with Crippen LogP contribution in [0.2, 0.25) is 0 Å². The van der Waals surface area contributed by atoms with E-state index in [1.807, 2.05) is 48.2 Å². The molecule has 6 nitrogen and oxygen atoms in total. The van der Waals surface area contributed by atoms with E-state index in [9.17, 15) is 18.0 Å². The number of carbonyl (C=O) groups is 1. The van der Waals surface area contributed by atoms with Gasteiger partial charge >= 0.3 is 6.36 Å². The Morgan fingerprint density at radius 3 is 2.48 bits per heavy atom. The van der Waals surface area contributed by atoms with E-state index < -0.39 is 6.36 Å². The molecule has 1 unspecified atom stereocenters. The maximum Gasteiger partial charge on any atom is 0.573 e. The monoisotopic (exact) mass is 456 g/mol. The van der Waals surface area contributed by atoms with Crippen molar-refractivity contribution in [2.24, 2.45) is 5.92 Å². The Bertz CT molecular complexity index is 1100. The van der Waals surface area contributed by atoms with E-state index in [4.69, 9.17) is 0 Å². The minimum atomic E-state index is -4.75. The van der Waals surface area contributed by atoms with Crippen molar-refractivity contribution in [1.82, 2.24) is 10.2 Å². The molecule has 3 aromatic rings. The Hall–Kier alpha value is -3.62. The molecule has 1 atom stereocenters. The van der Waals surface area contributed by atoms with Gasteiger partial charge in [0.1, 0.15) is 5.75 Å². The molecule has 2 heterocycles. The van der Waals surface area contributed by atoms with E-state index in [1.165, 1.54) is 24.3 Å². The van der Waals surface area contributed by atoms with Crippen LogP contribution in [-0.4, -0.2) is 35.6 Å². The predicted octanol–water partition coefficient (Wildman–Crippen LogP) is 5.21. The zero-order valence-electron chi connectivity index (χ0n) is 18.0. The van der Waals surface area contributed by atoms with Gasteiger partial charge in [-0.3, -0.25) is 4.79 Å². The number of nitrogens with zero attached hydrogens (tertiary/aromatic N) is 3. The summed E-state index contributed by atoms with van der Waals surface area (Å²) in [6.45, 7) is 3.28. The number of alkyl halides is 3. The average molecular weight is 456 g/mol. The van der Waals surface area contributed by atoms with Gasteiger partial charge in [0, 0.05) is 24.3 Å². The molecule has 1 N–H and O–H groups in total. The highest BCUT2D eigenvalue weighted by molar-refractivity contribution is 5.93. The summed E-state index contributed by atoms with van der Waals surface area (Å²) in [6.07, 6.45) is -3.22. The number of ether oxygens (including phenoxy) is 1. The number of anilines is 2. The molecule has 1 aromatic heterocycles. The lowest BCUT2D eigenvalue weighted by atomic mass is 9.97. The van der Waals surface area contributed by atoms with Crippen molar-refractivity contribution in [2.75, 3.05) is 23.3 Å². The molecule has 0 radical (unpaired) electrons. The van der Waals surface area contributed by atoms with E-state index in [-0.39, 0.29) is 17.6 Å². The highest BCUT2D eigenvalue weighted by atomic mass is 19.4. The van der Waals surface area contributed by atoms with Gasteiger partial charge in [0.25, 0.3) is 0 Å². The Kier molecular flexibility index (Phi) is 6.48. The van der Waals surface area contributed by atoms with E-state index in [2.05, 4.69) is 20.3 Å². The number of carbonyl (C=O) groups excluding carboxylic acids is 1. The summed E-state index contributed by atoms with van der Waals surface area (Å²) in [5, 5.41) is 11.5. The number of nitrogens with one attached hydrogen (secondary N) is 1. The molecule has 1 fully saturated rings. The van der Waals surface area contributed by atoms with Crippen LogP contribution in [0.25, 0.3) is 11.3 Å². The zero-order valence-corrected chi connectivity index (χ0v) is 18.0. The molecule has 172 valence electrons. The first-order valence-corrected chi connectivity index (χ1v) is 10.6. The number of piperidine rings is 1. The second-order valence-corrected chi connectivity index (χ2v) is 7.94. The predicted molar refractivity (Wildman–Crippen MR) is 119 cm³/mol. The fourth-order valence-corrected chi connectivity index (χ4v) is 3.88. The molecule has 33 heavy (non-hydrogen) atoms. The van der Waals surface area contributed by atoms with Crippen LogP contribution in [0.1, 0.15) is 18.4 Å². The fourth-order valence-electron chi connectivity index (χ4n) is 3.88. The number of halogens is 3. The van der Waals surface area contributed by atoms with Gasteiger partial charge in [0.2, 0.25) is 5.91 Å². The summed E-state index contributed by atoms with van der Waals surface area (Å²) in [7, 11) is 0. The van der Waals surface area contributed by atoms with Crippen LogP contribution in [0.3, 0.4) is 0 Å². The van der Waals surface area contributed by atoms with Crippen LogP contribution in [0.5, 0.6) is 5.75 Å². The Labute approximate surface area is 189 Å². The molecule has 1 amide bonds. The molecule has 1 aliphatic heterocycles. The maximum atomic E-state index is 12.7. The molecule has 0 spiro atoms. The van der Waals surface area contributed by atoms with Crippen LogP contribution < -0.4 is 15.0 Å². The summed E-state index contributed by atoms with van der Waals surface area (Å²) in [6, 6.07) is 16.9. The van der Waals surface area contributed by atoms with Gasteiger partial charge in [-0.2, -0.15) is 0 Å². The number of amides is 1.